The minimum Gasteiger partial charge on any atom is -0.497 e. The summed E-state index contributed by atoms with van der Waals surface area (Å²) in [5.74, 6) is -2.16. The second kappa shape index (κ2) is 19.8. The van der Waals surface area contributed by atoms with Gasteiger partial charge in [-0.2, -0.15) is 4.31 Å². The predicted octanol–water partition coefficient (Wildman–Crippen LogP) is 8.75. The van der Waals surface area contributed by atoms with E-state index in [-0.39, 0.29) is 31.3 Å². The van der Waals surface area contributed by atoms with E-state index in [0.717, 1.165) is 47.1 Å². The van der Waals surface area contributed by atoms with Crippen molar-refractivity contribution >= 4 is 39.3 Å². The molecule has 0 bridgehead atoms. The molecule has 4 aromatic carbocycles. The normalized spacial score (nSPS) is 20.1. The number of methoxy groups -OCH3 is 2. The molecule has 7 rings (SSSR count). The Morgan fingerprint density at radius 2 is 1.73 bits per heavy atom. The number of sulfonamides is 1. The summed E-state index contributed by atoms with van der Waals surface area (Å²) in [5.41, 5.74) is 5.62. The highest BCUT2D eigenvalue weighted by molar-refractivity contribution is 7.89. The van der Waals surface area contributed by atoms with E-state index < -0.39 is 45.2 Å². The van der Waals surface area contributed by atoms with Crippen molar-refractivity contribution in [2.24, 2.45) is 5.92 Å². The number of carbonyl (C=O) groups excluding carboxylic acids is 1. The predicted molar refractivity (Wildman–Crippen MR) is 243 cm³/mol. The molecule has 2 aliphatic heterocycles. The van der Waals surface area contributed by atoms with Crippen molar-refractivity contribution in [1.82, 2.24) is 9.21 Å². The van der Waals surface area contributed by atoms with Crippen molar-refractivity contribution in [3.05, 3.63) is 135 Å². The lowest BCUT2D eigenvalue weighted by Gasteiger charge is -2.42. The fourth-order valence-corrected chi connectivity index (χ4v) is 11.4. The molecule has 1 spiro atoms. The van der Waals surface area contributed by atoms with Crippen molar-refractivity contribution < 1.29 is 41.7 Å². The summed E-state index contributed by atoms with van der Waals surface area (Å²) in [6.45, 7) is 5.62. The molecular formula is C49H57ClFN3O8S. The summed E-state index contributed by atoms with van der Waals surface area (Å²) in [7, 11) is -0.966. The number of nitrogens with zero attached hydrogens (tertiary/aromatic N) is 3. The number of hydrogen-bond donors (Lipinski definition) is 1. The maximum atomic E-state index is 16.5. The zero-order chi connectivity index (χ0) is 44.9. The molecule has 14 heteroatoms. The van der Waals surface area contributed by atoms with Crippen molar-refractivity contribution in [2.75, 3.05) is 51.1 Å². The number of hydrogen-bond acceptors (Lipinski definition) is 9. The van der Waals surface area contributed by atoms with Crippen LogP contribution in [0.25, 0.3) is 0 Å². The minimum atomic E-state index is -3.87. The lowest BCUT2D eigenvalue weighted by Crippen LogP contribution is -2.52. The number of fused-ring (bicyclic) bond motifs is 3. The smallest absolute Gasteiger partial charge is 0.337 e. The first kappa shape index (κ1) is 46.1. The molecule has 0 radical (unpaired) electrons. The van der Waals surface area contributed by atoms with E-state index >= 15 is 4.39 Å². The summed E-state index contributed by atoms with van der Waals surface area (Å²) >= 11 is 6.45. The average molecular weight is 903 g/mol. The molecule has 1 N–H and O–H groups in total. The highest BCUT2D eigenvalue weighted by Crippen LogP contribution is 2.45. The van der Waals surface area contributed by atoms with Gasteiger partial charge in [0.2, 0.25) is 10.0 Å². The Hall–Kier alpha value is -4.95. The monoisotopic (exact) mass is 901 g/mol. The number of likely N-dealkylation sites (tertiary alicyclic amines) is 1. The number of rotatable bonds is 16. The minimum absolute atomic E-state index is 0.0212. The Balaban J connectivity index is 1.11. The molecule has 0 aromatic heterocycles. The van der Waals surface area contributed by atoms with Crippen molar-refractivity contribution in [1.29, 1.82) is 0 Å². The number of aryl methyl sites for hydroxylation is 2. The molecule has 3 aliphatic rings. The summed E-state index contributed by atoms with van der Waals surface area (Å²) in [4.78, 5) is 29.7. The SMILES string of the molecule is COC(=O)c1ccc2c(c1)N(C[C@@H]1CCCN1C(C(=O)O)/C(F)=C/C[C@H](C)CS(=O)(=O)N(Cc1ccc(C)cc1)Cc1ccc(OC)cc1)C[C@@]1(CCCc3cc(Cl)ccc31)CO2. The van der Waals surface area contributed by atoms with Crippen molar-refractivity contribution in [2.45, 2.75) is 83.0 Å². The first-order valence-corrected chi connectivity index (χ1v) is 23.6. The van der Waals surface area contributed by atoms with Crippen LogP contribution in [0.15, 0.2) is 96.8 Å². The fraction of sp³-hybridized carbons (Fsp3) is 0.429. The molecule has 1 unspecified atom stereocenters. The summed E-state index contributed by atoms with van der Waals surface area (Å²) in [5, 5.41) is 11.3. The van der Waals surface area contributed by atoms with Crippen LogP contribution in [0.3, 0.4) is 0 Å². The summed E-state index contributed by atoms with van der Waals surface area (Å²) < 4.78 is 63.0. The van der Waals surface area contributed by atoms with Crippen molar-refractivity contribution in [3.8, 4) is 11.5 Å². The van der Waals surface area contributed by atoms with E-state index in [9.17, 15) is 23.1 Å². The summed E-state index contributed by atoms with van der Waals surface area (Å²) in [6, 6.07) is 24.2. The maximum absolute atomic E-state index is 16.5. The molecule has 11 nitrogen and oxygen atoms in total. The van der Waals surface area contributed by atoms with Gasteiger partial charge >= 0.3 is 11.9 Å². The standard InChI is InChI=1S/C49H57ClFN3O8S/c1-33-9-12-35(13-10-33)27-53(28-36-14-18-41(60-3)19-15-36)63(58,59)30-34(2)11-21-43(51)46(47(55)56)54-24-6-8-40(54)29-52-31-49(23-5-7-37-25-39(50)17-20-42(37)49)32-62-45-22-16-38(26-44(45)52)48(57)61-4/h9-10,12-22,25-26,34,40,46H,5-8,11,23-24,27-32H2,1-4H3,(H,55,56)/b43-21-/t34-,40-,46?,49-/m0/s1. The Kier molecular flexibility index (Phi) is 14.5. The fourth-order valence-electron chi connectivity index (χ4n) is 9.47. The average Bonchev–Trinajstić information content (AvgIpc) is 3.65. The molecule has 336 valence electrons. The second-order valence-corrected chi connectivity index (χ2v) is 19.8. The third-order valence-corrected chi connectivity index (χ3v) is 15.0. The molecule has 1 fully saturated rings. The van der Waals surface area contributed by atoms with Gasteiger partial charge in [0.25, 0.3) is 0 Å². The Morgan fingerprint density at radius 3 is 2.41 bits per heavy atom. The van der Waals surface area contributed by atoms with E-state index in [1.807, 2.05) is 55.5 Å². The molecule has 1 saturated heterocycles. The van der Waals surface area contributed by atoms with Gasteiger partial charge in [0.1, 0.15) is 17.3 Å². The molecule has 0 amide bonds. The van der Waals surface area contributed by atoms with E-state index in [0.29, 0.717) is 66.9 Å². The maximum Gasteiger partial charge on any atom is 0.337 e. The zero-order valence-corrected chi connectivity index (χ0v) is 38.0. The van der Waals surface area contributed by atoms with Crippen LogP contribution in [-0.2, 0) is 44.5 Å². The van der Waals surface area contributed by atoms with Crippen LogP contribution in [0.4, 0.5) is 10.1 Å². The molecule has 4 atom stereocenters. The lowest BCUT2D eigenvalue weighted by atomic mass is 9.70. The number of esters is 1. The van der Waals surface area contributed by atoms with Gasteiger partial charge in [0.05, 0.1) is 37.8 Å². The molecule has 63 heavy (non-hydrogen) atoms. The van der Waals surface area contributed by atoms with Gasteiger partial charge in [0.15, 0.2) is 6.04 Å². The number of anilines is 1. The van der Waals surface area contributed by atoms with Crippen LogP contribution >= 0.6 is 11.6 Å². The number of carbonyl (C=O) groups is 2. The number of aliphatic carboxylic acids is 1. The first-order valence-electron chi connectivity index (χ1n) is 21.6. The number of carboxylic acid groups (broad SMARTS) is 1. The second-order valence-electron chi connectivity index (χ2n) is 17.4. The number of halogens is 2. The molecule has 0 saturated carbocycles. The van der Waals surface area contributed by atoms with E-state index in [1.165, 1.54) is 17.5 Å². The highest BCUT2D eigenvalue weighted by Gasteiger charge is 2.44. The van der Waals surface area contributed by atoms with Gasteiger partial charge in [-0.3, -0.25) is 9.69 Å². The quantitative estimate of drug-likeness (QED) is 0.109. The Labute approximate surface area is 375 Å². The van der Waals surface area contributed by atoms with Crippen LogP contribution in [0.5, 0.6) is 11.5 Å². The van der Waals surface area contributed by atoms with E-state index in [4.69, 9.17) is 25.8 Å². The van der Waals surface area contributed by atoms with Crippen LogP contribution in [0, 0.1) is 12.8 Å². The lowest BCUT2D eigenvalue weighted by molar-refractivity contribution is -0.142. The van der Waals surface area contributed by atoms with Gasteiger partial charge < -0.3 is 24.2 Å². The Morgan fingerprint density at radius 1 is 1.02 bits per heavy atom. The van der Waals surface area contributed by atoms with Gasteiger partial charge in [-0.1, -0.05) is 72.6 Å². The van der Waals surface area contributed by atoms with E-state index in [2.05, 4.69) is 11.0 Å². The third kappa shape index (κ3) is 10.7. The number of allylic oxidation sites excluding steroid dienone is 1. The van der Waals surface area contributed by atoms with Crippen LogP contribution in [-0.4, -0.2) is 93.0 Å². The summed E-state index contributed by atoms with van der Waals surface area (Å²) in [6.07, 6.45) is 5.21. The Bertz CT molecular complexity index is 2410. The topological polar surface area (TPSA) is 126 Å². The van der Waals surface area contributed by atoms with Gasteiger partial charge in [-0.05, 0) is 123 Å². The molecule has 1 aliphatic carbocycles. The zero-order valence-electron chi connectivity index (χ0n) is 36.4. The largest absolute Gasteiger partial charge is 0.497 e. The van der Waals surface area contributed by atoms with Crippen LogP contribution in [0.2, 0.25) is 5.02 Å². The van der Waals surface area contributed by atoms with E-state index in [1.54, 1.807) is 49.3 Å². The number of benzene rings is 4. The highest BCUT2D eigenvalue weighted by atomic mass is 35.5. The van der Waals surface area contributed by atoms with Crippen LogP contribution in [0.1, 0.15) is 77.2 Å². The first-order chi connectivity index (χ1) is 30.2. The van der Waals surface area contributed by atoms with Gasteiger partial charge in [-0.15, -0.1) is 0 Å². The third-order valence-electron chi connectivity index (χ3n) is 12.7. The number of carboxylic acids is 1. The molecular weight excluding hydrogens is 845 g/mol. The van der Waals surface area contributed by atoms with Gasteiger partial charge in [-0.25, -0.2) is 17.6 Å². The van der Waals surface area contributed by atoms with Gasteiger partial charge in [0, 0.05) is 42.7 Å². The molecule has 2 heterocycles. The van der Waals surface area contributed by atoms with Crippen LogP contribution < -0.4 is 14.4 Å². The van der Waals surface area contributed by atoms with Crippen molar-refractivity contribution in [3.63, 3.8) is 0 Å². The number of ether oxygens (including phenoxy) is 3. The molecule has 4 aromatic rings.